The Labute approximate surface area is 110 Å². The smallest absolute Gasteiger partial charge is 0.410 e. The number of rotatable bonds is 4. The molecule has 1 aliphatic heterocycles. The van der Waals surface area contributed by atoms with E-state index in [4.69, 9.17) is 9.84 Å². The van der Waals surface area contributed by atoms with Crippen LogP contribution < -0.4 is 0 Å². The van der Waals surface area contributed by atoms with Crippen molar-refractivity contribution in [2.75, 3.05) is 39.8 Å². The number of likely N-dealkylation sites (N-methyl/N-ethyl adjacent to an activating group) is 1. The molecule has 1 N–H and O–H groups in total. The Kier molecular flexibility index (Phi) is 5.41. The average Bonchev–Trinajstić information content (AvgIpc) is 2.63. The highest BCUT2D eigenvalue weighted by Crippen LogP contribution is 2.19. The SMILES string of the molecule is CN(CCO)C[C@@H]1CCN(C(=O)OC(C)(C)C)C1. The molecule has 18 heavy (non-hydrogen) atoms. The Balaban J connectivity index is 2.34. The van der Waals surface area contributed by atoms with E-state index in [0.29, 0.717) is 12.5 Å². The first-order chi connectivity index (χ1) is 8.31. The Hall–Kier alpha value is -0.810. The van der Waals surface area contributed by atoms with Crippen LogP contribution in [0.2, 0.25) is 0 Å². The van der Waals surface area contributed by atoms with Gasteiger partial charge in [0.15, 0.2) is 0 Å². The molecule has 0 aliphatic carbocycles. The standard InChI is InChI=1S/C13H26N2O3/c1-13(2,3)18-12(17)15-6-5-11(10-15)9-14(4)7-8-16/h11,16H,5-10H2,1-4H3/t11-/m0/s1. The van der Waals surface area contributed by atoms with Gasteiger partial charge in [0.2, 0.25) is 0 Å². The van der Waals surface area contributed by atoms with E-state index in [1.807, 2.05) is 27.8 Å². The predicted molar refractivity (Wildman–Crippen MR) is 70.5 cm³/mol. The minimum absolute atomic E-state index is 0.180. The van der Waals surface area contributed by atoms with Crippen LogP contribution in [0, 0.1) is 5.92 Å². The molecular weight excluding hydrogens is 232 g/mol. The molecule has 5 nitrogen and oxygen atoms in total. The highest BCUT2D eigenvalue weighted by atomic mass is 16.6. The summed E-state index contributed by atoms with van der Waals surface area (Å²) >= 11 is 0. The maximum absolute atomic E-state index is 11.9. The van der Waals surface area contributed by atoms with E-state index < -0.39 is 5.60 Å². The molecule has 0 spiro atoms. The van der Waals surface area contributed by atoms with Crippen molar-refractivity contribution in [2.45, 2.75) is 32.8 Å². The summed E-state index contributed by atoms with van der Waals surface area (Å²) in [4.78, 5) is 15.7. The lowest BCUT2D eigenvalue weighted by atomic mass is 10.1. The first-order valence-corrected chi connectivity index (χ1v) is 6.59. The number of likely N-dealkylation sites (tertiary alicyclic amines) is 1. The largest absolute Gasteiger partial charge is 0.444 e. The minimum atomic E-state index is -0.428. The molecule has 5 heteroatoms. The number of aliphatic hydroxyl groups excluding tert-OH is 1. The fraction of sp³-hybridized carbons (Fsp3) is 0.923. The second kappa shape index (κ2) is 6.38. The van der Waals surface area contributed by atoms with Crippen LogP contribution in [0.15, 0.2) is 0 Å². The molecule has 0 radical (unpaired) electrons. The molecule has 0 aromatic heterocycles. The van der Waals surface area contributed by atoms with Gasteiger partial charge >= 0.3 is 6.09 Å². The van der Waals surface area contributed by atoms with Crippen molar-refractivity contribution >= 4 is 6.09 Å². The van der Waals surface area contributed by atoms with E-state index in [0.717, 1.165) is 26.1 Å². The minimum Gasteiger partial charge on any atom is -0.444 e. The lowest BCUT2D eigenvalue weighted by Crippen LogP contribution is -2.36. The van der Waals surface area contributed by atoms with E-state index in [-0.39, 0.29) is 12.7 Å². The second-order valence-electron chi connectivity index (χ2n) is 6.07. The van der Waals surface area contributed by atoms with Gasteiger partial charge in [0.05, 0.1) is 6.61 Å². The first kappa shape index (κ1) is 15.2. The van der Waals surface area contributed by atoms with Gasteiger partial charge < -0.3 is 19.6 Å². The van der Waals surface area contributed by atoms with Crippen LogP contribution in [0.4, 0.5) is 4.79 Å². The van der Waals surface area contributed by atoms with Gasteiger partial charge in [0.25, 0.3) is 0 Å². The first-order valence-electron chi connectivity index (χ1n) is 6.59. The van der Waals surface area contributed by atoms with Crippen LogP contribution in [0.5, 0.6) is 0 Å². The zero-order valence-corrected chi connectivity index (χ0v) is 12.0. The number of hydrogen-bond donors (Lipinski definition) is 1. The normalized spacial score (nSPS) is 20.6. The molecule has 1 amide bonds. The maximum atomic E-state index is 11.9. The van der Waals surface area contributed by atoms with Crippen molar-refractivity contribution in [2.24, 2.45) is 5.92 Å². The summed E-state index contributed by atoms with van der Waals surface area (Å²) in [6.07, 6.45) is 0.796. The third kappa shape index (κ3) is 5.23. The highest BCUT2D eigenvalue weighted by Gasteiger charge is 2.30. The Morgan fingerprint density at radius 3 is 2.72 bits per heavy atom. The molecule has 0 unspecified atom stereocenters. The lowest BCUT2D eigenvalue weighted by molar-refractivity contribution is 0.0285. The molecule has 1 atom stereocenters. The number of amides is 1. The third-order valence-electron chi connectivity index (χ3n) is 2.99. The van der Waals surface area contributed by atoms with Crippen LogP contribution in [0.1, 0.15) is 27.2 Å². The number of hydrogen-bond acceptors (Lipinski definition) is 4. The molecule has 1 fully saturated rings. The second-order valence-corrected chi connectivity index (χ2v) is 6.07. The fourth-order valence-electron chi connectivity index (χ4n) is 2.18. The van der Waals surface area contributed by atoms with E-state index in [1.165, 1.54) is 0 Å². The number of ether oxygens (including phenoxy) is 1. The van der Waals surface area contributed by atoms with Crippen LogP contribution in [-0.4, -0.2) is 66.4 Å². The lowest BCUT2D eigenvalue weighted by Gasteiger charge is -2.25. The quantitative estimate of drug-likeness (QED) is 0.822. The van der Waals surface area contributed by atoms with Gasteiger partial charge in [-0.3, -0.25) is 0 Å². The number of nitrogens with zero attached hydrogens (tertiary/aromatic N) is 2. The molecule has 1 saturated heterocycles. The topological polar surface area (TPSA) is 53.0 Å². The Bertz CT molecular complexity index is 276. The van der Waals surface area contributed by atoms with Crippen molar-refractivity contribution in [1.82, 2.24) is 9.80 Å². The summed E-state index contributed by atoms with van der Waals surface area (Å²) < 4.78 is 5.36. The maximum Gasteiger partial charge on any atom is 0.410 e. The number of carbonyl (C=O) groups is 1. The van der Waals surface area contributed by atoms with Crippen molar-refractivity contribution in [1.29, 1.82) is 0 Å². The molecular formula is C13H26N2O3. The molecule has 0 aromatic carbocycles. The Morgan fingerprint density at radius 2 is 2.17 bits per heavy atom. The summed E-state index contributed by atoms with van der Waals surface area (Å²) in [6.45, 7) is 8.95. The summed E-state index contributed by atoms with van der Waals surface area (Å²) in [6, 6.07) is 0. The van der Waals surface area contributed by atoms with Crippen molar-refractivity contribution in [3.8, 4) is 0 Å². The highest BCUT2D eigenvalue weighted by molar-refractivity contribution is 5.68. The van der Waals surface area contributed by atoms with Crippen LogP contribution in [0.3, 0.4) is 0 Å². The summed E-state index contributed by atoms with van der Waals surface area (Å²) in [5, 5.41) is 8.85. The van der Waals surface area contributed by atoms with Gasteiger partial charge in [-0.05, 0) is 40.2 Å². The molecule has 0 aromatic rings. The van der Waals surface area contributed by atoms with Crippen LogP contribution in [-0.2, 0) is 4.74 Å². The number of carbonyl (C=O) groups excluding carboxylic acids is 1. The van der Waals surface area contributed by atoms with Gasteiger partial charge in [0.1, 0.15) is 5.60 Å². The summed E-state index contributed by atoms with van der Waals surface area (Å²) in [5.41, 5.74) is -0.428. The van der Waals surface area contributed by atoms with E-state index in [2.05, 4.69) is 4.90 Å². The molecule has 1 heterocycles. The number of aliphatic hydroxyl groups is 1. The predicted octanol–water partition coefficient (Wildman–Crippen LogP) is 1.17. The zero-order chi connectivity index (χ0) is 13.8. The molecule has 1 aliphatic rings. The van der Waals surface area contributed by atoms with Crippen LogP contribution >= 0.6 is 0 Å². The summed E-state index contributed by atoms with van der Waals surface area (Å²) in [7, 11) is 1.99. The van der Waals surface area contributed by atoms with Crippen molar-refractivity contribution < 1.29 is 14.6 Å². The molecule has 1 rings (SSSR count). The monoisotopic (exact) mass is 258 g/mol. The van der Waals surface area contributed by atoms with Gasteiger partial charge in [-0.2, -0.15) is 0 Å². The summed E-state index contributed by atoms with van der Waals surface area (Å²) in [5.74, 6) is 0.481. The fourth-order valence-corrected chi connectivity index (χ4v) is 2.18. The Morgan fingerprint density at radius 1 is 1.50 bits per heavy atom. The van der Waals surface area contributed by atoms with Gasteiger partial charge in [-0.25, -0.2) is 4.79 Å². The molecule has 0 bridgehead atoms. The van der Waals surface area contributed by atoms with Gasteiger partial charge in [0, 0.05) is 26.2 Å². The van der Waals surface area contributed by atoms with E-state index in [1.54, 1.807) is 4.90 Å². The molecule has 106 valence electrons. The van der Waals surface area contributed by atoms with Crippen molar-refractivity contribution in [3.63, 3.8) is 0 Å². The average molecular weight is 258 g/mol. The van der Waals surface area contributed by atoms with Crippen LogP contribution in [0.25, 0.3) is 0 Å². The third-order valence-corrected chi connectivity index (χ3v) is 2.99. The van der Waals surface area contributed by atoms with Gasteiger partial charge in [-0.1, -0.05) is 0 Å². The molecule has 0 saturated carbocycles. The van der Waals surface area contributed by atoms with E-state index >= 15 is 0 Å². The van der Waals surface area contributed by atoms with E-state index in [9.17, 15) is 4.79 Å². The van der Waals surface area contributed by atoms with Crippen molar-refractivity contribution in [3.05, 3.63) is 0 Å². The van der Waals surface area contributed by atoms with Gasteiger partial charge in [-0.15, -0.1) is 0 Å². The zero-order valence-electron chi connectivity index (χ0n) is 12.0.